The van der Waals surface area contributed by atoms with Crippen molar-refractivity contribution in [3.63, 3.8) is 0 Å². The largest absolute Gasteiger partial charge is 0.472 e. The van der Waals surface area contributed by atoms with Crippen molar-refractivity contribution in [3.8, 4) is 0 Å². The summed E-state index contributed by atoms with van der Waals surface area (Å²) in [6.07, 6.45) is 10.1. The van der Waals surface area contributed by atoms with Gasteiger partial charge >= 0.3 is 0 Å². The van der Waals surface area contributed by atoms with Gasteiger partial charge in [0.25, 0.3) is 0 Å². The summed E-state index contributed by atoms with van der Waals surface area (Å²) >= 11 is 0. The maximum atomic E-state index is 6.34. The van der Waals surface area contributed by atoms with Gasteiger partial charge in [0.2, 0.25) is 0 Å². The Morgan fingerprint density at radius 3 is 2.88 bits per heavy atom. The number of rotatable bonds is 1. The van der Waals surface area contributed by atoms with Crippen LogP contribution in [0.15, 0.2) is 23.0 Å². The standard InChI is InChI=1S/C13H19NO2/c1-2-5-13(6-3-1)10-14-8-12(16-13)11-4-7-15-9-11/h4,7,9,12,14H,1-3,5-6,8,10H2. The van der Waals surface area contributed by atoms with E-state index in [0.29, 0.717) is 0 Å². The molecule has 1 unspecified atom stereocenters. The van der Waals surface area contributed by atoms with Gasteiger partial charge in [0.15, 0.2) is 0 Å². The van der Waals surface area contributed by atoms with E-state index in [0.717, 1.165) is 18.7 Å². The summed E-state index contributed by atoms with van der Waals surface area (Å²) < 4.78 is 11.5. The van der Waals surface area contributed by atoms with Gasteiger partial charge in [0.1, 0.15) is 0 Å². The molecular weight excluding hydrogens is 202 g/mol. The quantitative estimate of drug-likeness (QED) is 0.791. The average Bonchev–Trinajstić information content (AvgIpc) is 2.83. The Morgan fingerprint density at radius 1 is 1.25 bits per heavy atom. The first kappa shape index (κ1) is 10.4. The van der Waals surface area contributed by atoms with E-state index in [1.165, 1.54) is 32.1 Å². The van der Waals surface area contributed by atoms with Crippen LogP contribution in [-0.4, -0.2) is 18.7 Å². The highest BCUT2D eigenvalue weighted by molar-refractivity contribution is 5.12. The highest BCUT2D eigenvalue weighted by Crippen LogP contribution is 2.37. The Kier molecular flexibility index (Phi) is 2.74. The van der Waals surface area contributed by atoms with Crippen molar-refractivity contribution in [2.24, 2.45) is 0 Å². The third-order valence-corrected chi connectivity index (χ3v) is 3.85. The van der Waals surface area contributed by atoms with Crippen molar-refractivity contribution in [2.45, 2.75) is 43.8 Å². The smallest absolute Gasteiger partial charge is 0.0988 e. The molecule has 1 saturated carbocycles. The Balaban J connectivity index is 1.74. The SMILES string of the molecule is c1cc(C2CNCC3(CCCCC3)O2)co1. The first-order valence-corrected chi connectivity index (χ1v) is 6.29. The molecule has 2 fully saturated rings. The second kappa shape index (κ2) is 4.22. The fourth-order valence-corrected chi connectivity index (χ4v) is 2.95. The van der Waals surface area contributed by atoms with E-state index in [-0.39, 0.29) is 11.7 Å². The van der Waals surface area contributed by atoms with Gasteiger partial charge in [-0.15, -0.1) is 0 Å². The second-order valence-corrected chi connectivity index (χ2v) is 5.04. The molecule has 1 N–H and O–H groups in total. The van der Waals surface area contributed by atoms with Gasteiger partial charge in [-0.1, -0.05) is 19.3 Å². The molecule has 2 heterocycles. The fraction of sp³-hybridized carbons (Fsp3) is 0.692. The summed E-state index contributed by atoms with van der Waals surface area (Å²) in [4.78, 5) is 0. The van der Waals surface area contributed by atoms with E-state index >= 15 is 0 Å². The van der Waals surface area contributed by atoms with Crippen LogP contribution in [0.1, 0.15) is 43.8 Å². The number of hydrogen-bond donors (Lipinski definition) is 1. The molecule has 1 atom stereocenters. The molecule has 1 saturated heterocycles. The molecule has 88 valence electrons. The van der Waals surface area contributed by atoms with Crippen LogP contribution in [-0.2, 0) is 4.74 Å². The third kappa shape index (κ3) is 1.89. The van der Waals surface area contributed by atoms with Crippen molar-refractivity contribution in [2.75, 3.05) is 13.1 Å². The zero-order valence-electron chi connectivity index (χ0n) is 9.58. The minimum atomic E-state index is 0.0957. The van der Waals surface area contributed by atoms with E-state index in [1.54, 1.807) is 12.5 Å². The summed E-state index contributed by atoms with van der Waals surface area (Å²) in [5.74, 6) is 0. The van der Waals surface area contributed by atoms with Crippen LogP contribution in [0.4, 0.5) is 0 Å². The van der Waals surface area contributed by atoms with Crippen LogP contribution in [0.3, 0.4) is 0 Å². The van der Waals surface area contributed by atoms with Gasteiger partial charge < -0.3 is 14.5 Å². The van der Waals surface area contributed by atoms with E-state index < -0.39 is 0 Å². The summed E-state index contributed by atoms with van der Waals surface area (Å²) in [5, 5.41) is 3.52. The maximum Gasteiger partial charge on any atom is 0.0988 e. The minimum absolute atomic E-state index is 0.0957. The number of morpholine rings is 1. The van der Waals surface area contributed by atoms with E-state index in [4.69, 9.17) is 9.15 Å². The number of furan rings is 1. The lowest BCUT2D eigenvalue weighted by Crippen LogP contribution is -2.51. The number of nitrogens with one attached hydrogen (secondary N) is 1. The monoisotopic (exact) mass is 221 g/mol. The molecule has 3 rings (SSSR count). The minimum Gasteiger partial charge on any atom is -0.472 e. The molecule has 3 heteroatoms. The lowest BCUT2D eigenvalue weighted by Gasteiger charge is -2.44. The van der Waals surface area contributed by atoms with Gasteiger partial charge in [-0.3, -0.25) is 0 Å². The molecule has 1 aliphatic heterocycles. The van der Waals surface area contributed by atoms with Crippen molar-refractivity contribution < 1.29 is 9.15 Å². The lowest BCUT2D eigenvalue weighted by molar-refractivity contribution is -0.135. The lowest BCUT2D eigenvalue weighted by atomic mass is 9.83. The first-order valence-electron chi connectivity index (χ1n) is 6.29. The van der Waals surface area contributed by atoms with Gasteiger partial charge in [-0.2, -0.15) is 0 Å². The first-order chi connectivity index (χ1) is 7.88. The molecule has 1 aromatic heterocycles. The second-order valence-electron chi connectivity index (χ2n) is 5.04. The Labute approximate surface area is 96.2 Å². The Hall–Kier alpha value is -0.800. The Morgan fingerprint density at radius 2 is 2.12 bits per heavy atom. The molecule has 0 radical (unpaired) electrons. The van der Waals surface area contributed by atoms with Gasteiger partial charge in [-0.25, -0.2) is 0 Å². The van der Waals surface area contributed by atoms with Crippen LogP contribution in [0.2, 0.25) is 0 Å². The van der Waals surface area contributed by atoms with E-state index in [1.807, 2.05) is 6.07 Å². The predicted molar refractivity (Wildman–Crippen MR) is 61.2 cm³/mol. The predicted octanol–water partition coefficient (Wildman–Crippen LogP) is 2.64. The van der Waals surface area contributed by atoms with Gasteiger partial charge in [0, 0.05) is 18.7 Å². The van der Waals surface area contributed by atoms with Crippen LogP contribution >= 0.6 is 0 Å². The summed E-state index contributed by atoms with van der Waals surface area (Å²) in [6.45, 7) is 1.92. The van der Waals surface area contributed by atoms with E-state index in [2.05, 4.69) is 5.32 Å². The molecule has 16 heavy (non-hydrogen) atoms. The van der Waals surface area contributed by atoms with Crippen LogP contribution in [0.5, 0.6) is 0 Å². The van der Waals surface area contributed by atoms with E-state index in [9.17, 15) is 0 Å². The Bertz CT molecular complexity index is 322. The van der Waals surface area contributed by atoms with Crippen LogP contribution in [0, 0.1) is 0 Å². The molecule has 1 aliphatic carbocycles. The van der Waals surface area contributed by atoms with Crippen molar-refractivity contribution in [3.05, 3.63) is 24.2 Å². The van der Waals surface area contributed by atoms with Crippen molar-refractivity contribution in [1.82, 2.24) is 5.32 Å². The summed E-state index contributed by atoms with van der Waals surface area (Å²) in [7, 11) is 0. The molecule has 0 amide bonds. The number of ether oxygens (including phenoxy) is 1. The normalized spacial score (nSPS) is 29.4. The van der Waals surface area contributed by atoms with Gasteiger partial charge in [0.05, 0.1) is 24.2 Å². The highest BCUT2D eigenvalue weighted by atomic mass is 16.5. The average molecular weight is 221 g/mol. The third-order valence-electron chi connectivity index (χ3n) is 3.85. The molecule has 0 aromatic carbocycles. The fourth-order valence-electron chi connectivity index (χ4n) is 2.95. The zero-order chi connectivity index (χ0) is 10.8. The van der Waals surface area contributed by atoms with Crippen molar-refractivity contribution in [1.29, 1.82) is 0 Å². The van der Waals surface area contributed by atoms with Gasteiger partial charge in [-0.05, 0) is 18.9 Å². The van der Waals surface area contributed by atoms with Crippen LogP contribution in [0.25, 0.3) is 0 Å². The zero-order valence-corrected chi connectivity index (χ0v) is 9.58. The molecular formula is C13H19NO2. The summed E-state index contributed by atoms with van der Waals surface area (Å²) in [6, 6.07) is 2.01. The summed E-state index contributed by atoms with van der Waals surface area (Å²) in [5.41, 5.74) is 1.26. The molecule has 3 nitrogen and oxygen atoms in total. The molecule has 1 spiro atoms. The molecule has 0 bridgehead atoms. The highest BCUT2D eigenvalue weighted by Gasteiger charge is 2.38. The number of hydrogen-bond acceptors (Lipinski definition) is 3. The molecule has 2 aliphatic rings. The van der Waals surface area contributed by atoms with Crippen molar-refractivity contribution >= 4 is 0 Å². The van der Waals surface area contributed by atoms with Crippen LogP contribution < -0.4 is 5.32 Å². The maximum absolute atomic E-state index is 6.34. The molecule has 1 aromatic rings. The topological polar surface area (TPSA) is 34.4 Å².